The van der Waals surface area contributed by atoms with E-state index in [4.69, 9.17) is 5.73 Å². The Morgan fingerprint density at radius 2 is 1.94 bits per heavy atom. The summed E-state index contributed by atoms with van der Waals surface area (Å²) in [5.41, 5.74) is 10.4. The molecule has 0 aliphatic carbocycles. The fourth-order valence-electron chi connectivity index (χ4n) is 1.99. The van der Waals surface area contributed by atoms with Crippen LogP contribution in [0.5, 0.6) is 0 Å². The van der Waals surface area contributed by atoms with E-state index in [0.29, 0.717) is 12.1 Å². The summed E-state index contributed by atoms with van der Waals surface area (Å²) < 4.78 is 13.3. The molecule has 1 aromatic heterocycles. The van der Waals surface area contributed by atoms with Crippen LogP contribution in [0.2, 0.25) is 0 Å². The van der Waals surface area contributed by atoms with Crippen molar-refractivity contribution in [3.63, 3.8) is 0 Å². The molecule has 0 saturated carbocycles. The van der Waals surface area contributed by atoms with Gasteiger partial charge in [0, 0.05) is 18.9 Å². The maximum Gasteiger partial charge on any atom is 0.126 e. The quantitative estimate of drug-likeness (QED) is 0.861. The van der Waals surface area contributed by atoms with Gasteiger partial charge in [0.05, 0.1) is 0 Å². The molecule has 0 unspecified atom stereocenters. The molecule has 1 heterocycles. The van der Waals surface area contributed by atoms with Crippen LogP contribution in [-0.4, -0.2) is 4.98 Å². The van der Waals surface area contributed by atoms with Gasteiger partial charge in [-0.1, -0.05) is 6.07 Å². The van der Waals surface area contributed by atoms with Crippen LogP contribution in [0, 0.1) is 19.7 Å². The monoisotopic (exact) mass is 230 g/mol. The SMILES string of the molecule is Cc1cc(-c2c(C)cncc2CN)ccc1F. The summed E-state index contributed by atoms with van der Waals surface area (Å²) in [6.45, 7) is 4.18. The third-order valence-electron chi connectivity index (χ3n) is 2.88. The van der Waals surface area contributed by atoms with Crippen LogP contribution in [0.3, 0.4) is 0 Å². The van der Waals surface area contributed by atoms with Gasteiger partial charge in [0.1, 0.15) is 5.82 Å². The highest BCUT2D eigenvalue weighted by molar-refractivity contribution is 5.70. The molecule has 2 aromatic rings. The van der Waals surface area contributed by atoms with E-state index in [0.717, 1.165) is 22.3 Å². The molecule has 3 heteroatoms. The van der Waals surface area contributed by atoms with Crippen LogP contribution in [0.4, 0.5) is 4.39 Å². The number of nitrogens with zero attached hydrogens (tertiary/aromatic N) is 1. The van der Waals surface area contributed by atoms with Crippen molar-refractivity contribution in [1.29, 1.82) is 0 Å². The van der Waals surface area contributed by atoms with E-state index < -0.39 is 0 Å². The van der Waals surface area contributed by atoms with E-state index in [1.54, 1.807) is 25.4 Å². The molecule has 2 N–H and O–H groups in total. The van der Waals surface area contributed by atoms with Gasteiger partial charge in [-0.05, 0) is 53.8 Å². The van der Waals surface area contributed by atoms with E-state index >= 15 is 0 Å². The molecule has 0 spiro atoms. The number of nitrogens with two attached hydrogens (primary N) is 1. The van der Waals surface area contributed by atoms with E-state index in [1.165, 1.54) is 6.07 Å². The van der Waals surface area contributed by atoms with Crippen LogP contribution in [-0.2, 0) is 6.54 Å². The Morgan fingerprint density at radius 1 is 1.18 bits per heavy atom. The summed E-state index contributed by atoms with van der Waals surface area (Å²) in [4.78, 5) is 4.13. The highest BCUT2D eigenvalue weighted by atomic mass is 19.1. The minimum atomic E-state index is -0.185. The first-order valence-corrected chi connectivity index (χ1v) is 5.53. The second-order valence-corrected chi connectivity index (χ2v) is 4.16. The van der Waals surface area contributed by atoms with E-state index in [2.05, 4.69) is 4.98 Å². The molecule has 0 aliphatic heterocycles. The average molecular weight is 230 g/mol. The largest absolute Gasteiger partial charge is 0.326 e. The molecule has 0 aliphatic rings. The average Bonchev–Trinajstić information content (AvgIpc) is 2.32. The van der Waals surface area contributed by atoms with Crippen LogP contribution in [0.15, 0.2) is 30.6 Å². The second kappa shape index (κ2) is 4.63. The topological polar surface area (TPSA) is 38.9 Å². The van der Waals surface area contributed by atoms with Gasteiger partial charge in [-0.25, -0.2) is 4.39 Å². The summed E-state index contributed by atoms with van der Waals surface area (Å²) in [5, 5.41) is 0. The minimum Gasteiger partial charge on any atom is -0.326 e. The maximum absolute atomic E-state index is 13.3. The van der Waals surface area contributed by atoms with Gasteiger partial charge >= 0.3 is 0 Å². The third kappa shape index (κ3) is 2.19. The van der Waals surface area contributed by atoms with Crippen molar-refractivity contribution in [1.82, 2.24) is 4.98 Å². The Balaban J connectivity index is 2.63. The molecule has 0 bridgehead atoms. The molecular formula is C14H15FN2. The first kappa shape index (κ1) is 11.7. The Labute approximate surface area is 100 Å². The number of hydrogen-bond donors (Lipinski definition) is 1. The first-order chi connectivity index (χ1) is 8.13. The van der Waals surface area contributed by atoms with Crippen molar-refractivity contribution in [3.8, 4) is 11.1 Å². The van der Waals surface area contributed by atoms with Crippen molar-refractivity contribution in [2.75, 3.05) is 0 Å². The predicted octanol–water partition coefficient (Wildman–Crippen LogP) is 2.96. The number of aromatic nitrogens is 1. The smallest absolute Gasteiger partial charge is 0.126 e. The summed E-state index contributed by atoms with van der Waals surface area (Å²) in [5.74, 6) is -0.185. The lowest BCUT2D eigenvalue weighted by molar-refractivity contribution is 0.619. The molecule has 0 atom stereocenters. The lowest BCUT2D eigenvalue weighted by Gasteiger charge is -2.11. The summed E-state index contributed by atoms with van der Waals surface area (Å²) in [6.07, 6.45) is 3.56. The van der Waals surface area contributed by atoms with Gasteiger partial charge in [-0.3, -0.25) is 4.98 Å². The number of aryl methyl sites for hydroxylation is 2. The van der Waals surface area contributed by atoms with Gasteiger partial charge in [0.15, 0.2) is 0 Å². The van der Waals surface area contributed by atoms with Crippen LogP contribution in [0.1, 0.15) is 16.7 Å². The molecule has 88 valence electrons. The standard InChI is InChI=1S/C14H15FN2/c1-9-5-11(3-4-13(9)15)14-10(2)7-17-8-12(14)6-16/h3-5,7-8H,6,16H2,1-2H3. The number of halogens is 1. The molecule has 1 aromatic carbocycles. The Morgan fingerprint density at radius 3 is 2.59 bits per heavy atom. The Hall–Kier alpha value is -1.74. The third-order valence-corrected chi connectivity index (χ3v) is 2.88. The van der Waals surface area contributed by atoms with E-state index in [9.17, 15) is 4.39 Å². The lowest BCUT2D eigenvalue weighted by Crippen LogP contribution is -2.02. The van der Waals surface area contributed by atoms with Gasteiger partial charge in [-0.2, -0.15) is 0 Å². The highest BCUT2D eigenvalue weighted by Gasteiger charge is 2.09. The zero-order chi connectivity index (χ0) is 12.4. The summed E-state index contributed by atoms with van der Waals surface area (Å²) in [7, 11) is 0. The van der Waals surface area contributed by atoms with E-state index in [1.807, 2.05) is 13.0 Å². The minimum absolute atomic E-state index is 0.185. The van der Waals surface area contributed by atoms with Gasteiger partial charge in [0.2, 0.25) is 0 Å². The molecule has 2 rings (SSSR count). The van der Waals surface area contributed by atoms with Gasteiger partial charge in [-0.15, -0.1) is 0 Å². The fourth-order valence-corrected chi connectivity index (χ4v) is 1.99. The molecular weight excluding hydrogens is 215 g/mol. The number of rotatable bonds is 2. The molecule has 0 radical (unpaired) electrons. The van der Waals surface area contributed by atoms with Crippen molar-refractivity contribution in [3.05, 3.63) is 53.1 Å². The summed E-state index contributed by atoms with van der Waals surface area (Å²) in [6, 6.07) is 5.12. The van der Waals surface area contributed by atoms with Gasteiger partial charge < -0.3 is 5.73 Å². The Bertz CT molecular complexity index is 550. The lowest BCUT2D eigenvalue weighted by atomic mass is 9.96. The van der Waals surface area contributed by atoms with Crippen molar-refractivity contribution in [2.24, 2.45) is 5.73 Å². The molecule has 17 heavy (non-hydrogen) atoms. The van der Waals surface area contributed by atoms with Crippen LogP contribution < -0.4 is 5.73 Å². The highest BCUT2D eigenvalue weighted by Crippen LogP contribution is 2.27. The number of benzene rings is 1. The number of hydrogen-bond acceptors (Lipinski definition) is 2. The number of pyridine rings is 1. The maximum atomic E-state index is 13.3. The first-order valence-electron chi connectivity index (χ1n) is 5.53. The summed E-state index contributed by atoms with van der Waals surface area (Å²) >= 11 is 0. The molecule has 2 nitrogen and oxygen atoms in total. The molecule has 0 fully saturated rings. The van der Waals surface area contributed by atoms with Crippen LogP contribution >= 0.6 is 0 Å². The van der Waals surface area contributed by atoms with E-state index in [-0.39, 0.29) is 5.82 Å². The van der Waals surface area contributed by atoms with Crippen molar-refractivity contribution < 1.29 is 4.39 Å². The fraction of sp³-hybridized carbons (Fsp3) is 0.214. The van der Waals surface area contributed by atoms with Crippen molar-refractivity contribution in [2.45, 2.75) is 20.4 Å². The molecule has 0 amide bonds. The predicted molar refractivity (Wildman–Crippen MR) is 67.0 cm³/mol. The second-order valence-electron chi connectivity index (χ2n) is 4.16. The van der Waals surface area contributed by atoms with Crippen molar-refractivity contribution >= 4 is 0 Å². The Kier molecular flexibility index (Phi) is 3.20. The zero-order valence-electron chi connectivity index (χ0n) is 10.00. The van der Waals surface area contributed by atoms with Crippen LogP contribution in [0.25, 0.3) is 11.1 Å². The van der Waals surface area contributed by atoms with Gasteiger partial charge in [0.25, 0.3) is 0 Å². The molecule has 0 saturated heterocycles. The normalized spacial score (nSPS) is 10.6. The zero-order valence-corrected chi connectivity index (χ0v) is 10.00.